The van der Waals surface area contributed by atoms with Crippen molar-refractivity contribution < 1.29 is 21.6 Å². The van der Waals surface area contributed by atoms with Crippen LogP contribution < -0.4 is 0 Å². The normalized spacial score (nSPS) is 27.9. The van der Waals surface area contributed by atoms with Crippen LogP contribution in [0.2, 0.25) is 0 Å². The molecule has 6 nitrogen and oxygen atoms in total. The summed E-state index contributed by atoms with van der Waals surface area (Å²) in [7, 11) is -6.93. The van der Waals surface area contributed by atoms with Crippen LogP contribution in [0.25, 0.3) is 0 Å². The topological polar surface area (TPSA) is 80.8 Å². The Morgan fingerprint density at radius 1 is 1.12 bits per heavy atom. The zero-order valence-corrected chi connectivity index (χ0v) is 16.4. The van der Waals surface area contributed by atoms with Crippen LogP contribution in [0.1, 0.15) is 36.8 Å². The van der Waals surface area contributed by atoms with Crippen molar-refractivity contribution in [3.8, 4) is 0 Å². The van der Waals surface area contributed by atoms with E-state index in [0.29, 0.717) is 13.0 Å². The highest BCUT2D eigenvalue weighted by atomic mass is 32.2. The molecule has 0 bridgehead atoms. The van der Waals surface area contributed by atoms with E-state index in [1.54, 1.807) is 12.1 Å². The van der Waals surface area contributed by atoms with Gasteiger partial charge < -0.3 is 4.74 Å². The molecule has 2 saturated heterocycles. The van der Waals surface area contributed by atoms with Crippen LogP contribution >= 0.6 is 0 Å². The molecule has 8 heteroatoms. The van der Waals surface area contributed by atoms with Gasteiger partial charge in [0.15, 0.2) is 9.84 Å². The standard InChI is InChI=1S/C18H25NO5S2/c20-25(21)10-8-16(13-25)19(12-17-5-2-9-24-17)26(22,23)18-7-6-14-3-1-4-15(14)11-18/h6-7,11,16-17H,1-5,8-10,12-13H2/t16-,17+/m1/s1. The molecule has 0 unspecified atom stereocenters. The highest BCUT2D eigenvalue weighted by Crippen LogP contribution is 2.30. The number of rotatable bonds is 5. The van der Waals surface area contributed by atoms with Crippen LogP contribution in [0.4, 0.5) is 0 Å². The molecule has 2 fully saturated rings. The SMILES string of the molecule is O=S1(=O)CC[C@@H](N(C[C@@H]2CCCO2)S(=O)(=O)c2ccc3c(c2)CCC3)C1. The van der Waals surface area contributed by atoms with E-state index >= 15 is 0 Å². The van der Waals surface area contributed by atoms with Crippen LogP contribution in [0.3, 0.4) is 0 Å². The molecule has 0 amide bonds. The predicted molar refractivity (Wildman–Crippen MR) is 98.4 cm³/mol. The first-order chi connectivity index (χ1) is 12.4. The third-order valence-electron chi connectivity index (χ3n) is 5.70. The molecule has 2 atom stereocenters. The lowest BCUT2D eigenvalue weighted by molar-refractivity contribution is 0.0877. The number of ether oxygens (including phenoxy) is 1. The Labute approximate surface area is 155 Å². The summed E-state index contributed by atoms with van der Waals surface area (Å²) in [6.45, 7) is 0.875. The van der Waals surface area contributed by atoms with Gasteiger partial charge in [-0.3, -0.25) is 0 Å². The molecule has 2 aliphatic heterocycles. The minimum Gasteiger partial charge on any atom is -0.377 e. The van der Waals surface area contributed by atoms with Gasteiger partial charge in [-0.1, -0.05) is 6.07 Å². The molecule has 0 spiro atoms. The van der Waals surface area contributed by atoms with Gasteiger partial charge >= 0.3 is 0 Å². The Morgan fingerprint density at radius 2 is 1.92 bits per heavy atom. The summed E-state index contributed by atoms with van der Waals surface area (Å²) in [5, 5.41) is 0. The van der Waals surface area contributed by atoms with E-state index in [-0.39, 0.29) is 29.0 Å². The van der Waals surface area contributed by atoms with Gasteiger partial charge in [-0.25, -0.2) is 16.8 Å². The minimum absolute atomic E-state index is 0.0550. The number of nitrogens with zero attached hydrogens (tertiary/aromatic N) is 1. The Balaban J connectivity index is 1.67. The Kier molecular flexibility index (Phi) is 4.88. The van der Waals surface area contributed by atoms with Crippen molar-refractivity contribution in [2.24, 2.45) is 0 Å². The molecular formula is C18H25NO5S2. The van der Waals surface area contributed by atoms with Gasteiger partial charge in [-0.15, -0.1) is 0 Å². The molecule has 1 aromatic carbocycles. The first-order valence-corrected chi connectivity index (χ1v) is 12.6. The van der Waals surface area contributed by atoms with Gasteiger partial charge in [0.25, 0.3) is 0 Å². The largest absolute Gasteiger partial charge is 0.377 e. The molecule has 2 heterocycles. The van der Waals surface area contributed by atoms with Gasteiger partial charge in [0.2, 0.25) is 10.0 Å². The van der Waals surface area contributed by atoms with Gasteiger partial charge in [0.1, 0.15) is 0 Å². The Bertz CT molecular complexity index is 888. The zero-order valence-electron chi connectivity index (χ0n) is 14.8. The lowest BCUT2D eigenvalue weighted by atomic mass is 10.1. The van der Waals surface area contributed by atoms with Gasteiger partial charge in [0, 0.05) is 19.2 Å². The predicted octanol–water partition coefficient (Wildman–Crippen LogP) is 1.53. The van der Waals surface area contributed by atoms with Crippen molar-refractivity contribution in [3.63, 3.8) is 0 Å². The second kappa shape index (κ2) is 6.89. The number of sulfonamides is 1. The summed E-state index contributed by atoms with van der Waals surface area (Å²) in [5.41, 5.74) is 2.32. The number of hydrogen-bond donors (Lipinski definition) is 0. The van der Waals surface area contributed by atoms with Gasteiger partial charge in [0.05, 0.1) is 22.5 Å². The van der Waals surface area contributed by atoms with Crippen LogP contribution in [0.5, 0.6) is 0 Å². The summed E-state index contributed by atoms with van der Waals surface area (Å²) in [4.78, 5) is 0.278. The van der Waals surface area contributed by atoms with E-state index in [0.717, 1.165) is 37.7 Å². The maximum atomic E-state index is 13.4. The first-order valence-electron chi connectivity index (χ1n) is 9.31. The smallest absolute Gasteiger partial charge is 0.243 e. The van der Waals surface area contributed by atoms with Gasteiger partial charge in [-0.2, -0.15) is 4.31 Å². The molecule has 3 aliphatic rings. The van der Waals surface area contributed by atoms with Crippen LogP contribution in [0.15, 0.2) is 23.1 Å². The van der Waals surface area contributed by atoms with Crippen molar-refractivity contribution >= 4 is 19.9 Å². The minimum atomic E-state index is -3.75. The fraction of sp³-hybridized carbons (Fsp3) is 0.667. The van der Waals surface area contributed by atoms with Crippen molar-refractivity contribution in [2.45, 2.75) is 55.6 Å². The highest BCUT2D eigenvalue weighted by molar-refractivity contribution is 7.92. The maximum Gasteiger partial charge on any atom is 0.243 e. The van der Waals surface area contributed by atoms with E-state index in [9.17, 15) is 16.8 Å². The van der Waals surface area contributed by atoms with Crippen molar-refractivity contribution in [2.75, 3.05) is 24.7 Å². The number of sulfone groups is 1. The molecule has 0 saturated carbocycles. The van der Waals surface area contributed by atoms with E-state index in [1.165, 1.54) is 9.87 Å². The third-order valence-corrected chi connectivity index (χ3v) is 9.36. The van der Waals surface area contributed by atoms with Gasteiger partial charge in [-0.05, 0) is 61.8 Å². The quantitative estimate of drug-likeness (QED) is 0.750. The van der Waals surface area contributed by atoms with Crippen LogP contribution in [0, 0.1) is 0 Å². The Morgan fingerprint density at radius 3 is 2.62 bits per heavy atom. The molecule has 0 N–H and O–H groups in total. The summed E-state index contributed by atoms with van der Waals surface area (Å²) in [6.07, 6.45) is 4.90. The summed E-state index contributed by atoms with van der Waals surface area (Å²) >= 11 is 0. The molecule has 1 aliphatic carbocycles. The summed E-state index contributed by atoms with van der Waals surface area (Å²) in [6, 6.07) is 4.86. The summed E-state index contributed by atoms with van der Waals surface area (Å²) in [5.74, 6) is -0.0384. The molecule has 1 aromatic rings. The summed E-state index contributed by atoms with van der Waals surface area (Å²) < 4.78 is 57.7. The van der Waals surface area contributed by atoms with Crippen molar-refractivity contribution in [1.82, 2.24) is 4.31 Å². The van der Waals surface area contributed by atoms with Crippen LogP contribution in [-0.4, -0.2) is 57.9 Å². The second-order valence-electron chi connectivity index (χ2n) is 7.55. The number of benzene rings is 1. The maximum absolute atomic E-state index is 13.4. The van der Waals surface area contributed by atoms with E-state index in [4.69, 9.17) is 4.74 Å². The average Bonchev–Trinajstić information content (AvgIpc) is 3.32. The molecular weight excluding hydrogens is 374 g/mol. The van der Waals surface area contributed by atoms with Crippen LogP contribution in [-0.2, 0) is 37.4 Å². The third kappa shape index (κ3) is 3.56. The van der Waals surface area contributed by atoms with E-state index < -0.39 is 25.9 Å². The van der Waals surface area contributed by atoms with E-state index in [1.807, 2.05) is 6.07 Å². The Hall–Kier alpha value is -0.960. The lowest BCUT2D eigenvalue weighted by Gasteiger charge is -2.29. The fourth-order valence-electron chi connectivity index (χ4n) is 4.28. The van der Waals surface area contributed by atoms with Crippen molar-refractivity contribution in [1.29, 1.82) is 0 Å². The number of aryl methyl sites for hydroxylation is 2. The second-order valence-corrected chi connectivity index (χ2v) is 11.7. The molecule has 0 aromatic heterocycles. The molecule has 0 radical (unpaired) electrons. The number of fused-ring (bicyclic) bond motifs is 1. The van der Waals surface area contributed by atoms with E-state index in [2.05, 4.69) is 0 Å². The van der Waals surface area contributed by atoms with Crippen molar-refractivity contribution in [3.05, 3.63) is 29.3 Å². The fourth-order valence-corrected chi connectivity index (χ4v) is 7.84. The monoisotopic (exact) mass is 399 g/mol. The zero-order chi connectivity index (χ0) is 18.4. The first kappa shape index (κ1) is 18.4. The lowest BCUT2D eigenvalue weighted by Crippen LogP contribution is -2.45. The number of hydrogen-bond acceptors (Lipinski definition) is 5. The molecule has 144 valence electrons. The average molecular weight is 400 g/mol. The highest BCUT2D eigenvalue weighted by Gasteiger charge is 2.40. The molecule has 26 heavy (non-hydrogen) atoms. The molecule has 4 rings (SSSR count).